The molecule has 1 amide bonds. The molecule has 0 aliphatic rings. The lowest BCUT2D eigenvalue weighted by Gasteiger charge is -2.13. The fourth-order valence-electron chi connectivity index (χ4n) is 2.39. The molecule has 1 unspecified atom stereocenters. The molecule has 0 aliphatic carbocycles. The van der Waals surface area contributed by atoms with Gasteiger partial charge in [-0.15, -0.1) is 11.8 Å². The third-order valence-corrected chi connectivity index (χ3v) is 5.52. The summed E-state index contributed by atoms with van der Waals surface area (Å²) in [5.41, 5.74) is 3.01. The van der Waals surface area contributed by atoms with Gasteiger partial charge in [-0.3, -0.25) is 4.79 Å². The molecule has 0 fully saturated rings. The summed E-state index contributed by atoms with van der Waals surface area (Å²) >= 11 is 2.97. The molecule has 1 heterocycles. The first kappa shape index (κ1) is 18.6. The van der Waals surface area contributed by atoms with Crippen LogP contribution in [0.5, 0.6) is 0 Å². The predicted octanol–water partition coefficient (Wildman–Crippen LogP) is 4.50. The highest BCUT2D eigenvalue weighted by Gasteiger charge is 2.10. The summed E-state index contributed by atoms with van der Waals surface area (Å²) in [6.07, 6.45) is -0.758. The SMILES string of the molecule is O=C(CSc1ccc(F)cc1)NCC(O)c1ccc(-c2ccsc2)cc1. The molecule has 0 saturated carbocycles. The standard InChI is InChI=1S/C20H18FNO2S2/c21-17-5-7-18(8-6-17)26-13-20(24)22-11-19(23)15-3-1-14(2-4-15)16-9-10-25-12-16/h1-10,12,19,23H,11,13H2,(H,22,24). The third-order valence-electron chi connectivity index (χ3n) is 3.83. The zero-order valence-electron chi connectivity index (χ0n) is 13.9. The Kier molecular flexibility index (Phi) is 6.44. The topological polar surface area (TPSA) is 49.3 Å². The number of rotatable bonds is 7. The highest BCUT2D eigenvalue weighted by atomic mass is 32.2. The van der Waals surface area contributed by atoms with E-state index in [1.807, 2.05) is 29.6 Å². The maximum Gasteiger partial charge on any atom is 0.230 e. The number of thioether (sulfide) groups is 1. The fourth-order valence-corrected chi connectivity index (χ4v) is 3.78. The summed E-state index contributed by atoms with van der Waals surface area (Å²) < 4.78 is 12.8. The number of benzene rings is 2. The van der Waals surface area contributed by atoms with Gasteiger partial charge in [-0.25, -0.2) is 4.39 Å². The van der Waals surface area contributed by atoms with E-state index < -0.39 is 6.10 Å². The van der Waals surface area contributed by atoms with Crippen LogP contribution in [0.3, 0.4) is 0 Å². The Bertz CT molecular complexity index is 833. The van der Waals surface area contributed by atoms with Crippen LogP contribution >= 0.6 is 23.1 Å². The van der Waals surface area contributed by atoms with E-state index in [0.717, 1.165) is 21.6 Å². The van der Waals surface area contributed by atoms with Crippen LogP contribution in [0.25, 0.3) is 11.1 Å². The number of halogens is 1. The van der Waals surface area contributed by atoms with Crippen molar-refractivity contribution >= 4 is 29.0 Å². The number of aliphatic hydroxyl groups is 1. The van der Waals surface area contributed by atoms with Crippen molar-refractivity contribution < 1.29 is 14.3 Å². The summed E-state index contributed by atoms with van der Waals surface area (Å²) in [6.45, 7) is 0.153. The quantitative estimate of drug-likeness (QED) is 0.587. The smallest absolute Gasteiger partial charge is 0.230 e. The van der Waals surface area contributed by atoms with Crippen molar-refractivity contribution in [3.8, 4) is 11.1 Å². The minimum Gasteiger partial charge on any atom is -0.387 e. The number of hydrogen-bond acceptors (Lipinski definition) is 4. The Morgan fingerprint density at radius 2 is 1.81 bits per heavy atom. The minimum atomic E-state index is -0.758. The average molecular weight is 388 g/mol. The molecule has 0 aliphatic heterocycles. The fraction of sp³-hybridized carbons (Fsp3) is 0.150. The molecule has 2 N–H and O–H groups in total. The van der Waals surface area contributed by atoms with Gasteiger partial charge < -0.3 is 10.4 Å². The molecule has 2 aromatic carbocycles. The monoisotopic (exact) mass is 387 g/mol. The number of carbonyl (C=O) groups excluding carboxylic acids is 1. The van der Waals surface area contributed by atoms with Gasteiger partial charge >= 0.3 is 0 Å². The molecule has 3 aromatic rings. The van der Waals surface area contributed by atoms with Crippen molar-refractivity contribution in [2.24, 2.45) is 0 Å². The Morgan fingerprint density at radius 1 is 1.08 bits per heavy atom. The predicted molar refractivity (Wildman–Crippen MR) is 105 cm³/mol. The Morgan fingerprint density at radius 3 is 2.46 bits per heavy atom. The van der Waals surface area contributed by atoms with Crippen molar-refractivity contribution in [1.29, 1.82) is 0 Å². The molecule has 26 heavy (non-hydrogen) atoms. The van der Waals surface area contributed by atoms with E-state index in [0.29, 0.717) is 0 Å². The zero-order valence-corrected chi connectivity index (χ0v) is 15.5. The number of hydrogen-bond donors (Lipinski definition) is 2. The molecular weight excluding hydrogens is 369 g/mol. The first-order valence-electron chi connectivity index (χ1n) is 8.07. The van der Waals surface area contributed by atoms with Gasteiger partial charge in [0.05, 0.1) is 11.9 Å². The lowest BCUT2D eigenvalue weighted by Crippen LogP contribution is -2.29. The van der Waals surface area contributed by atoms with Crippen LogP contribution in [0.1, 0.15) is 11.7 Å². The molecular formula is C20H18FNO2S2. The van der Waals surface area contributed by atoms with Gasteiger partial charge in [-0.05, 0) is 57.8 Å². The van der Waals surface area contributed by atoms with Gasteiger partial charge in [0.25, 0.3) is 0 Å². The van der Waals surface area contributed by atoms with E-state index in [1.165, 1.54) is 23.9 Å². The number of amides is 1. The van der Waals surface area contributed by atoms with Crippen molar-refractivity contribution in [3.05, 3.63) is 76.7 Å². The van der Waals surface area contributed by atoms with Gasteiger partial charge in [0, 0.05) is 11.4 Å². The lowest BCUT2D eigenvalue weighted by atomic mass is 10.0. The maximum absolute atomic E-state index is 12.8. The normalized spacial score (nSPS) is 11.9. The number of aliphatic hydroxyl groups excluding tert-OH is 1. The largest absolute Gasteiger partial charge is 0.387 e. The summed E-state index contributed by atoms with van der Waals surface area (Å²) in [4.78, 5) is 12.7. The van der Waals surface area contributed by atoms with Crippen LogP contribution in [-0.2, 0) is 4.79 Å². The van der Waals surface area contributed by atoms with Crippen LogP contribution in [0.2, 0.25) is 0 Å². The summed E-state index contributed by atoms with van der Waals surface area (Å²) in [7, 11) is 0. The lowest BCUT2D eigenvalue weighted by molar-refractivity contribution is -0.119. The van der Waals surface area contributed by atoms with Crippen molar-refractivity contribution in [3.63, 3.8) is 0 Å². The van der Waals surface area contributed by atoms with Crippen LogP contribution < -0.4 is 5.32 Å². The second-order valence-corrected chi connectivity index (χ2v) is 7.53. The van der Waals surface area contributed by atoms with E-state index in [4.69, 9.17) is 0 Å². The second kappa shape index (κ2) is 8.98. The summed E-state index contributed by atoms with van der Waals surface area (Å²) in [5.74, 6) is -0.254. The Labute approximate surface area is 159 Å². The van der Waals surface area contributed by atoms with Gasteiger partial charge in [0.1, 0.15) is 5.82 Å². The first-order valence-corrected chi connectivity index (χ1v) is 10.0. The van der Waals surface area contributed by atoms with Crippen LogP contribution in [-0.4, -0.2) is 23.3 Å². The van der Waals surface area contributed by atoms with E-state index in [1.54, 1.807) is 23.5 Å². The molecule has 1 atom stereocenters. The molecule has 0 radical (unpaired) electrons. The summed E-state index contributed by atoms with van der Waals surface area (Å²) in [5, 5.41) is 17.1. The zero-order chi connectivity index (χ0) is 18.4. The second-order valence-electron chi connectivity index (χ2n) is 5.70. The van der Waals surface area contributed by atoms with E-state index in [9.17, 15) is 14.3 Å². The molecule has 0 saturated heterocycles. The van der Waals surface area contributed by atoms with Crippen molar-refractivity contribution in [2.45, 2.75) is 11.0 Å². The number of thiophene rings is 1. The van der Waals surface area contributed by atoms with Crippen LogP contribution in [0.4, 0.5) is 4.39 Å². The molecule has 3 nitrogen and oxygen atoms in total. The highest BCUT2D eigenvalue weighted by molar-refractivity contribution is 8.00. The van der Waals surface area contributed by atoms with Gasteiger partial charge in [-0.2, -0.15) is 11.3 Å². The van der Waals surface area contributed by atoms with Gasteiger partial charge in [0.15, 0.2) is 0 Å². The molecule has 134 valence electrons. The van der Waals surface area contributed by atoms with Gasteiger partial charge in [0.2, 0.25) is 5.91 Å². The minimum absolute atomic E-state index is 0.153. The summed E-state index contributed by atoms with van der Waals surface area (Å²) in [6, 6.07) is 15.7. The third kappa shape index (κ3) is 5.17. The van der Waals surface area contributed by atoms with Crippen LogP contribution in [0.15, 0.2) is 70.3 Å². The number of nitrogens with one attached hydrogen (secondary N) is 1. The maximum atomic E-state index is 12.8. The first-order chi connectivity index (χ1) is 12.6. The molecule has 1 aromatic heterocycles. The molecule has 0 spiro atoms. The van der Waals surface area contributed by atoms with Crippen LogP contribution in [0, 0.1) is 5.82 Å². The Hall–Kier alpha value is -2.15. The molecule has 0 bridgehead atoms. The van der Waals surface area contributed by atoms with Crippen molar-refractivity contribution in [2.75, 3.05) is 12.3 Å². The average Bonchev–Trinajstić information content (AvgIpc) is 3.20. The molecule has 3 rings (SSSR count). The van der Waals surface area contributed by atoms with Gasteiger partial charge in [-0.1, -0.05) is 24.3 Å². The van der Waals surface area contributed by atoms with E-state index in [2.05, 4.69) is 16.8 Å². The van der Waals surface area contributed by atoms with E-state index >= 15 is 0 Å². The highest BCUT2D eigenvalue weighted by Crippen LogP contribution is 2.24. The van der Waals surface area contributed by atoms with Crippen molar-refractivity contribution in [1.82, 2.24) is 5.32 Å². The van der Waals surface area contributed by atoms with E-state index in [-0.39, 0.29) is 24.0 Å². The molecule has 6 heteroatoms. The Balaban J connectivity index is 1.46. The number of carbonyl (C=O) groups is 1.